The summed E-state index contributed by atoms with van der Waals surface area (Å²) in [4.78, 5) is 69.9. The van der Waals surface area contributed by atoms with E-state index in [9.17, 15) is 37.5 Å². The third-order valence-corrected chi connectivity index (χ3v) is 17.4. The number of benzene rings is 3. The number of hydrogen-bond donors (Lipinski definition) is 4. The molecular weight excluding hydrogens is 960 g/mol. The molecule has 3 aromatic carbocycles. The van der Waals surface area contributed by atoms with Crippen LogP contribution in [0.15, 0.2) is 72.9 Å². The normalized spacial score (nSPS) is 19.7. The minimum atomic E-state index is -3.81. The highest BCUT2D eigenvalue weighted by molar-refractivity contribution is 7.88. The van der Waals surface area contributed by atoms with E-state index in [4.69, 9.17) is 21.4 Å². The number of ether oxygens (including phenoxy) is 1. The standard InChI is InChI=1S/C49H47ClN8O10S2/c1-49(2)22-31(52-30-6-3-5-28(20-30)43-41(50)42(68-24-39(60)61)44(69-43)48(64)65)15-18-57(49)70(66,67)25-26-19-29-21-37(54-55-45(29)51-23-26)56-16-13-27(14-17-56)32-9-10-35-40-33(32)7-4-8-34(40)47(63)58(35)36-11-12-38(59)53-46(36)62/h3-10,19-21,23,27,31,36,52H,11-18,22,24-25H2,1-2H3,(H,60,61)(H,64,65)(H,53,59,62). The van der Waals surface area contributed by atoms with Gasteiger partial charge in [-0.2, -0.15) is 4.31 Å². The molecule has 3 aromatic heterocycles. The molecule has 10 rings (SSSR count). The summed E-state index contributed by atoms with van der Waals surface area (Å²) in [7, 11) is -3.81. The van der Waals surface area contributed by atoms with E-state index in [0.717, 1.165) is 46.2 Å². The molecule has 18 nitrogen and oxygen atoms in total. The van der Waals surface area contributed by atoms with Crippen molar-refractivity contribution in [2.45, 2.75) is 81.7 Å². The van der Waals surface area contributed by atoms with Gasteiger partial charge in [0.25, 0.3) is 5.91 Å². The summed E-state index contributed by atoms with van der Waals surface area (Å²) in [5, 5.41) is 36.1. The van der Waals surface area contributed by atoms with Gasteiger partial charge in [-0.3, -0.25) is 24.6 Å². The van der Waals surface area contributed by atoms with Crippen molar-refractivity contribution in [3.63, 3.8) is 0 Å². The Hall–Kier alpha value is -6.74. The quantitative estimate of drug-likeness (QED) is 0.0847. The number of aliphatic carboxylic acids is 1. The second-order valence-corrected chi connectivity index (χ2v) is 22.0. The maximum Gasteiger partial charge on any atom is 0.349 e. The van der Waals surface area contributed by atoms with Gasteiger partial charge < -0.3 is 25.2 Å². The van der Waals surface area contributed by atoms with E-state index in [1.165, 1.54) is 6.20 Å². The van der Waals surface area contributed by atoms with Gasteiger partial charge in [0.15, 0.2) is 28.7 Å². The Morgan fingerprint density at radius 1 is 0.971 bits per heavy atom. The molecule has 6 aromatic rings. The number of piperidine rings is 3. The van der Waals surface area contributed by atoms with Crippen molar-refractivity contribution in [3.05, 3.63) is 99.5 Å². The van der Waals surface area contributed by atoms with E-state index in [-0.39, 0.29) is 64.6 Å². The Bertz CT molecular complexity index is 3280. The second-order valence-electron chi connectivity index (χ2n) is 18.7. The van der Waals surface area contributed by atoms with E-state index in [0.29, 0.717) is 70.0 Å². The highest BCUT2D eigenvalue weighted by atomic mass is 35.5. The van der Waals surface area contributed by atoms with Crippen LogP contribution in [0.25, 0.3) is 32.2 Å². The van der Waals surface area contributed by atoms with Crippen LogP contribution in [0.2, 0.25) is 5.02 Å². The highest BCUT2D eigenvalue weighted by Crippen LogP contribution is 2.47. The number of carbonyl (C=O) groups is 5. The lowest BCUT2D eigenvalue weighted by atomic mass is 9.85. The number of hydrogen-bond acceptors (Lipinski definition) is 14. The van der Waals surface area contributed by atoms with Crippen molar-refractivity contribution in [2.75, 3.05) is 41.4 Å². The molecule has 0 spiro atoms. The first-order valence-electron chi connectivity index (χ1n) is 22.8. The summed E-state index contributed by atoms with van der Waals surface area (Å²) in [6.45, 7) is 4.69. The van der Waals surface area contributed by atoms with Crippen molar-refractivity contribution in [1.29, 1.82) is 0 Å². The molecule has 4 aliphatic heterocycles. The number of pyridine rings is 1. The number of thiophene rings is 1. The van der Waals surface area contributed by atoms with Gasteiger partial charge in [-0.05, 0) is 110 Å². The van der Waals surface area contributed by atoms with Gasteiger partial charge in [0, 0.05) is 65.9 Å². The van der Waals surface area contributed by atoms with Crippen LogP contribution in [0.1, 0.15) is 89.4 Å². The number of aromatic carboxylic acids is 1. The number of anilines is 3. The number of amides is 3. The number of fused-ring (bicyclic) bond motifs is 1. The van der Waals surface area contributed by atoms with E-state index in [1.54, 1.807) is 27.4 Å². The monoisotopic (exact) mass is 1010 g/mol. The third-order valence-electron chi connectivity index (χ3n) is 13.7. The molecule has 0 aliphatic carbocycles. The van der Waals surface area contributed by atoms with Gasteiger partial charge in [0.2, 0.25) is 21.8 Å². The molecule has 2 atom stereocenters. The van der Waals surface area contributed by atoms with Gasteiger partial charge in [0.1, 0.15) is 11.1 Å². The zero-order valence-electron chi connectivity index (χ0n) is 38.0. The molecule has 0 radical (unpaired) electrons. The topological polar surface area (TPSA) is 242 Å². The van der Waals surface area contributed by atoms with Crippen molar-refractivity contribution in [1.82, 2.24) is 24.8 Å². The average molecular weight is 1010 g/mol. The van der Waals surface area contributed by atoms with E-state index in [2.05, 4.69) is 36.8 Å². The number of carbonyl (C=O) groups excluding carboxylic acids is 3. The Balaban J connectivity index is 0.788. The Morgan fingerprint density at radius 3 is 2.50 bits per heavy atom. The van der Waals surface area contributed by atoms with E-state index in [1.807, 2.05) is 56.3 Å². The lowest BCUT2D eigenvalue weighted by molar-refractivity contribution is -0.139. The third kappa shape index (κ3) is 8.77. The van der Waals surface area contributed by atoms with Crippen LogP contribution in [-0.2, 0) is 30.2 Å². The predicted octanol–water partition coefficient (Wildman–Crippen LogP) is 7.06. The molecule has 0 bridgehead atoms. The smallest absolute Gasteiger partial charge is 0.349 e. The van der Waals surface area contributed by atoms with Crippen LogP contribution in [-0.4, -0.2) is 112 Å². The average Bonchev–Trinajstić information content (AvgIpc) is 3.81. The number of nitrogens with zero attached hydrogens (tertiary/aromatic N) is 6. The zero-order valence-corrected chi connectivity index (χ0v) is 40.4. The number of rotatable bonds is 13. The number of carboxylic acids is 2. The van der Waals surface area contributed by atoms with Crippen LogP contribution < -0.4 is 25.2 Å². The van der Waals surface area contributed by atoms with Crippen LogP contribution >= 0.6 is 22.9 Å². The van der Waals surface area contributed by atoms with Crippen LogP contribution in [0.4, 0.5) is 17.2 Å². The van der Waals surface area contributed by atoms with Gasteiger partial charge >= 0.3 is 11.9 Å². The van der Waals surface area contributed by atoms with Gasteiger partial charge in [-0.1, -0.05) is 41.9 Å². The molecule has 3 fully saturated rings. The second kappa shape index (κ2) is 18.2. The first kappa shape index (κ1) is 47.0. The summed E-state index contributed by atoms with van der Waals surface area (Å²) in [6, 6.07) is 19.8. The summed E-state index contributed by atoms with van der Waals surface area (Å²) in [5.41, 5.74) is 3.86. The number of halogens is 1. The maximum atomic E-state index is 14.2. The van der Waals surface area contributed by atoms with Crippen LogP contribution in [0.5, 0.6) is 5.75 Å². The van der Waals surface area contributed by atoms with Crippen LogP contribution in [0, 0.1) is 0 Å². The fourth-order valence-corrected chi connectivity index (χ4v) is 13.9. The molecule has 4 N–H and O–H groups in total. The largest absolute Gasteiger partial charge is 0.479 e. The molecular formula is C49H47ClN8O10S2. The fraction of sp³-hybridized carbons (Fsp3) is 0.347. The predicted molar refractivity (Wildman–Crippen MR) is 263 cm³/mol. The molecule has 2 unspecified atom stereocenters. The number of sulfonamides is 1. The summed E-state index contributed by atoms with van der Waals surface area (Å²) >= 11 is 7.43. The highest BCUT2D eigenvalue weighted by Gasteiger charge is 2.43. The Kier molecular flexibility index (Phi) is 12.2. The van der Waals surface area contributed by atoms with Crippen molar-refractivity contribution in [3.8, 4) is 16.2 Å². The van der Waals surface area contributed by atoms with Crippen molar-refractivity contribution in [2.24, 2.45) is 0 Å². The molecule has 4 aliphatic rings. The number of aromatic nitrogens is 3. The van der Waals surface area contributed by atoms with E-state index >= 15 is 0 Å². The molecule has 7 heterocycles. The van der Waals surface area contributed by atoms with Crippen molar-refractivity contribution >= 4 is 102 Å². The molecule has 0 saturated carbocycles. The fourth-order valence-electron chi connectivity index (χ4n) is 10.5. The Morgan fingerprint density at radius 2 is 1.76 bits per heavy atom. The maximum absolute atomic E-state index is 14.2. The number of imide groups is 1. The Labute approximate surface area is 410 Å². The first-order valence-corrected chi connectivity index (χ1v) is 25.6. The lowest BCUT2D eigenvalue weighted by Gasteiger charge is -2.45. The summed E-state index contributed by atoms with van der Waals surface area (Å²) < 4.78 is 35.2. The van der Waals surface area contributed by atoms with Gasteiger partial charge in [0.05, 0.1) is 16.3 Å². The molecule has 362 valence electrons. The first-order chi connectivity index (χ1) is 33.5. The molecule has 3 amide bonds. The molecule has 21 heteroatoms. The minimum Gasteiger partial charge on any atom is -0.479 e. The SMILES string of the molecule is CC1(C)CC(Nc2cccc(-c3sc(C(=O)O)c(OCC(=O)O)c3Cl)c2)CCN1S(=O)(=O)Cc1cnc2nnc(N3CCC(c4ccc5c6c(cccc46)C(=O)N5C4CCC(=O)NC4=O)CC3)cc2c1. The van der Waals surface area contributed by atoms with Crippen LogP contribution in [0.3, 0.4) is 0 Å². The van der Waals surface area contributed by atoms with E-state index < -0.39 is 46.1 Å². The zero-order chi connectivity index (χ0) is 49.2. The number of carboxylic acid groups (broad SMARTS) is 2. The summed E-state index contributed by atoms with van der Waals surface area (Å²) in [5.74, 6) is -3.19. The molecule has 70 heavy (non-hydrogen) atoms. The summed E-state index contributed by atoms with van der Waals surface area (Å²) in [6.07, 6.45) is 4.59. The lowest BCUT2D eigenvalue weighted by Crippen LogP contribution is -2.55. The van der Waals surface area contributed by atoms with Gasteiger partial charge in [-0.25, -0.2) is 23.0 Å². The van der Waals surface area contributed by atoms with Gasteiger partial charge in [-0.15, -0.1) is 21.5 Å². The van der Waals surface area contributed by atoms with Crippen molar-refractivity contribution < 1.29 is 47.3 Å². The minimum absolute atomic E-state index is 0.00314. The molecule has 3 saturated heterocycles. The number of nitrogens with one attached hydrogen (secondary N) is 2.